The minimum Gasteiger partial charge on any atom is -0.496 e. The van der Waals surface area contributed by atoms with Crippen molar-refractivity contribution in [3.8, 4) is 17.2 Å². The minimum absolute atomic E-state index is 0.157. The number of hydrogen-bond acceptors (Lipinski definition) is 5. The van der Waals surface area contributed by atoms with Crippen LogP contribution in [0.25, 0.3) is 0 Å². The summed E-state index contributed by atoms with van der Waals surface area (Å²) >= 11 is 12.9. The first kappa shape index (κ1) is 22.4. The van der Waals surface area contributed by atoms with Gasteiger partial charge in [0.15, 0.2) is 5.75 Å². The van der Waals surface area contributed by atoms with Crippen LogP contribution in [0.4, 0.5) is 5.69 Å². The first-order chi connectivity index (χ1) is 15.3. The highest BCUT2D eigenvalue weighted by molar-refractivity contribution is 6.37. The zero-order valence-electron chi connectivity index (χ0n) is 18.0. The van der Waals surface area contributed by atoms with Gasteiger partial charge in [-0.25, -0.2) is 0 Å². The van der Waals surface area contributed by atoms with Crippen LogP contribution in [0.3, 0.4) is 0 Å². The Morgan fingerprint density at radius 3 is 2.41 bits per heavy atom. The number of methoxy groups -OCH3 is 1. The third-order valence-electron chi connectivity index (χ3n) is 5.54. The molecule has 6 nitrogen and oxygen atoms in total. The van der Waals surface area contributed by atoms with E-state index in [1.54, 1.807) is 43.9 Å². The van der Waals surface area contributed by atoms with E-state index in [0.717, 1.165) is 24.2 Å². The Bertz CT molecular complexity index is 1130. The van der Waals surface area contributed by atoms with Crippen LogP contribution in [0.15, 0.2) is 48.9 Å². The molecular formula is C24H23Cl2N3O3. The number of aromatic nitrogens is 2. The molecule has 1 saturated carbocycles. The van der Waals surface area contributed by atoms with Crippen LogP contribution < -0.4 is 14.8 Å². The summed E-state index contributed by atoms with van der Waals surface area (Å²) in [6.45, 7) is 4.15. The van der Waals surface area contributed by atoms with Crippen molar-refractivity contribution in [2.45, 2.75) is 38.0 Å². The molecule has 1 amide bonds. The molecule has 0 radical (unpaired) electrons. The minimum atomic E-state index is -0.654. The van der Waals surface area contributed by atoms with Crippen molar-refractivity contribution >= 4 is 34.8 Å². The molecule has 0 atom stereocenters. The molecule has 3 aromatic rings. The summed E-state index contributed by atoms with van der Waals surface area (Å²) in [6.07, 6.45) is 6.24. The summed E-state index contributed by atoms with van der Waals surface area (Å²) < 4.78 is 11.4. The van der Waals surface area contributed by atoms with E-state index in [1.807, 2.05) is 12.1 Å². The molecule has 32 heavy (non-hydrogen) atoms. The van der Waals surface area contributed by atoms with Crippen LogP contribution >= 0.6 is 23.2 Å². The number of halogens is 2. The highest BCUT2D eigenvalue weighted by atomic mass is 35.5. The number of nitrogens with zero attached hydrogens (tertiary/aromatic N) is 2. The Morgan fingerprint density at radius 1 is 1.12 bits per heavy atom. The lowest BCUT2D eigenvalue weighted by molar-refractivity contribution is -0.118. The first-order valence-corrected chi connectivity index (χ1v) is 11.0. The lowest BCUT2D eigenvalue weighted by Gasteiger charge is -2.17. The Hall–Kier alpha value is -2.83. The lowest BCUT2D eigenvalue weighted by Crippen LogP contribution is -2.28. The molecule has 1 N–H and O–H groups in total. The number of carbonyl (C=O) groups is 1. The molecule has 1 aliphatic rings. The van der Waals surface area contributed by atoms with E-state index in [0.29, 0.717) is 32.9 Å². The molecule has 4 rings (SSSR count). The summed E-state index contributed by atoms with van der Waals surface area (Å²) in [5.41, 5.74) is 1.51. The van der Waals surface area contributed by atoms with Crippen molar-refractivity contribution in [3.05, 3.63) is 70.2 Å². The molecule has 0 spiro atoms. The van der Waals surface area contributed by atoms with Crippen LogP contribution in [0.2, 0.25) is 10.0 Å². The average molecular weight is 472 g/mol. The second kappa shape index (κ2) is 8.96. The number of anilines is 1. The fourth-order valence-electron chi connectivity index (χ4n) is 3.60. The fourth-order valence-corrected chi connectivity index (χ4v) is 4.16. The van der Waals surface area contributed by atoms with Gasteiger partial charge >= 0.3 is 0 Å². The van der Waals surface area contributed by atoms with E-state index in [-0.39, 0.29) is 11.8 Å². The number of rotatable bonds is 7. The fraction of sp³-hybridized carbons (Fsp3) is 0.292. The highest BCUT2D eigenvalue weighted by Gasteiger charge is 2.52. The van der Waals surface area contributed by atoms with Crippen molar-refractivity contribution in [2.75, 3.05) is 12.4 Å². The molecule has 166 valence electrons. The number of carbonyl (C=O) groups excluding carboxylic acids is 1. The Labute approximate surface area is 196 Å². The van der Waals surface area contributed by atoms with Gasteiger partial charge in [0.1, 0.15) is 11.5 Å². The molecule has 1 heterocycles. The van der Waals surface area contributed by atoms with Crippen molar-refractivity contribution in [1.29, 1.82) is 0 Å². The van der Waals surface area contributed by atoms with Gasteiger partial charge in [0.25, 0.3) is 0 Å². The number of nitrogens with one attached hydrogen (secondary N) is 1. The molecule has 8 heteroatoms. The van der Waals surface area contributed by atoms with Crippen molar-refractivity contribution in [1.82, 2.24) is 9.97 Å². The Kier molecular flexibility index (Phi) is 6.26. The number of amides is 1. The predicted molar refractivity (Wildman–Crippen MR) is 125 cm³/mol. The maximum atomic E-state index is 12.9. The first-order valence-electron chi connectivity index (χ1n) is 10.3. The van der Waals surface area contributed by atoms with Crippen molar-refractivity contribution in [3.63, 3.8) is 0 Å². The summed E-state index contributed by atoms with van der Waals surface area (Å²) in [5.74, 6) is 1.80. The van der Waals surface area contributed by atoms with E-state index < -0.39 is 5.41 Å². The van der Waals surface area contributed by atoms with Crippen LogP contribution in [0.1, 0.15) is 43.9 Å². The standard InChI is InChI=1S/C24H23Cl2N3O3/c1-14(2)17-12-16(4-5-20(17)31-3)32-22-18(25)10-15(11-19(22)26)29-23(30)24(6-7-24)21-13-27-8-9-28-21/h4-5,8-14H,6-7H2,1-3H3,(H,29,30). The number of ether oxygens (including phenoxy) is 2. The Balaban J connectivity index is 1.54. The maximum Gasteiger partial charge on any atom is 0.236 e. The van der Waals surface area contributed by atoms with Crippen LogP contribution in [0.5, 0.6) is 17.2 Å². The maximum absolute atomic E-state index is 12.9. The van der Waals surface area contributed by atoms with E-state index >= 15 is 0 Å². The molecule has 0 bridgehead atoms. The summed E-state index contributed by atoms with van der Waals surface area (Å²) in [5, 5.41) is 3.49. The van der Waals surface area contributed by atoms with Crippen LogP contribution in [0, 0.1) is 0 Å². The van der Waals surface area contributed by atoms with Gasteiger partial charge in [0, 0.05) is 29.8 Å². The monoisotopic (exact) mass is 471 g/mol. The van der Waals surface area contributed by atoms with Gasteiger partial charge in [-0.2, -0.15) is 0 Å². The summed E-state index contributed by atoms with van der Waals surface area (Å²) in [4.78, 5) is 21.3. The molecule has 0 saturated heterocycles. The molecule has 1 aliphatic carbocycles. The largest absolute Gasteiger partial charge is 0.496 e. The normalized spacial score (nSPS) is 14.2. The van der Waals surface area contributed by atoms with Gasteiger partial charge in [0.05, 0.1) is 28.3 Å². The van der Waals surface area contributed by atoms with E-state index in [1.165, 1.54) is 0 Å². The second-order valence-corrected chi connectivity index (χ2v) is 8.87. The highest BCUT2D eigenvalue weighted by Crippen LogP contribution is 2.48. The SMILES string of the molecule is COc1ccc(Oc2c(Cl)cc(NC(=O)C3(c4cnccn4)CC3)cc2Cl)cc1C(C)C. The second-order valence-electron chi connectivity index (χ2n) is 8.06. The molecule has 0 aliphatic heterocycles. The third kappa shape index (κ3) is 4.38. The topological polar surface area (TPSA) is 73.3 Å². The number of benzene rings is 2. The van der Waals surface area contributed by atoms with Crippen molar-refractivity contribution < 1.29 is 14.3 Å². The van der Waals surface area contributed by atoms with Gasteiger partial charge in [-0.05, 0) is 49.1 Å². The molecule has 1 aromatic heterocycles. The van der Waals surface area contributed by atoms with E-state index in [4.69, 9.17) is 32.7 Å². The van der Waals surface area contributed by atoms with Gasteiger partial charge in [-0.3, -0.25) is 14.8 Å². The number of hydrogen-bond donors (Lipinski definition) is 1. The van der Waals surface area contributed by atoms with Gasteiger partial charge < -0.3 is 14.8 Å². The van der Waals surface area contributed by atoms with E-state index in [2.05, 4.69) is 29.1 Å². The molecular weight excluding hydrogens is 449 g/mol. The zero-order valence-corrected chi connectivity index (χ0v) is 19.5. The smallest absolute Gasteiger partial charge is 0.236 e. The summed E-state index contributed by atoms with van der Waals surface area (Å²) in [6, 6.07) is 8.80. The molecule has 1 fully saturated rings. The van der Waals surface area contributed by atoms with Gasteiger partial charge in [-0.1, -0.05) is 37.0 Å². The average Bonchev–Trinajstić information content (AvgIpc) is 3.59. The predicted octanol–water partition coefficient (Wildman–Crippen LogP) is 6.38. The zero-order chi connectivity index (χ0) is 22.9. The quantitative estimate of drug-likeness (QED) is 0.432. The third-order valence-corrected chi connectivity index (χ3v) is 6.10. The van der Waals surface area contributed by atoms with Crippen LogP contribution in [-0.2, 0) is 10.2 Å². The molecule has 0 unspecified atom stereocenters. The van der Waals surface area contributed by atoms with Crippen molar-refractivity contribution in [2.24, 2.45) is 0 Å². The van der Waals surface area contributed by atoms with Gasteiger partial charge in [-0.15, -0.1) is 0 Å². The lowest BCUT2D eigenvalue weighted by atomic mass is 10.0. The molecule has 2 aromatic carbocycles. The summed E-state index contributed by atoms with van der Waals surface area (Å²) in [7, 11) is 1.64. The van der Waals surface area contributed by atoms with Crippen LogP contribution in [-0.4, -0.2) is 23.0 Å². The van der Waals surface area contributed by atoms with E-state index in [9.17, 15) is 4.79 Å². The van der Waals surface area contributed by atoms with Gasteiger partial charge in [0.2, 0.25) is 5.91 Å². The Morgan fingerprint density at radius 2 is 1.84 bits per heavy atom.